The summed E-state index contributed by atoms with van der Waals surface area (Å²) < 4.78 is 0. The summed E-state index contributed by atoms with van der Waals surface area (Å²) >= 11 is 12.9. The zero-order chi connectivity index (χ0) is 20.2. The molecule has 0 fully saturated rings. The largest absolute Gasteiger partial charge is 0.508 e. The molecule has 0 saturated carbocycles. The Kier molecular flexibility index (Phi) is 4.09. The average Bonchev–Trinajstić information content (AvgIpc) is 2.99. The highest BCUT2D eigenvalue weighted by Gasteiger charge is 2.46. The first-order chi connectivity index (χ1) is 14.0. The lowest BCUT2D eigenvalue weighted by molar-refractivity contribution is 0.475. The molecule has 5 rings (SSSR count). The molecule has 2 N–H and O–H groups in total. The number of benzene rings is 4. The molecule has 0 aliphatic heterocycles. The van der Waals surface area contributed by atoms with Crippen LogP contribution in [0.2, 0.25) is 10.0 Å². The summed E-state index contributed by atoms with van der Waals surface area (Å²) in [4.78, 5) is 0. The van der Waals surface area contributed by atoms with Crippen LogP contribution in [0, 0.1) is 0 Å². The molecule has 0 heterocycles. The van der Waals surface area contributed by atoms with Gasteiger partial charge >= 0.3 is 0 Å². The lowest BCUT2D eigenvalue weighted by Gasteiger charge is -2.34. The molecule has 29 heavy (non-hydrogen) atoms. The van der Waals surface area contributed by atoms with E-state index >= 15 is 0 Å². The molecular weight excluding hydrogens is 403 g/mol. The van der Waals surface area contributed by atoms with Crippen LogP contribution in [0.15, 0.2) is 84.9 Å². The average molecular weight is 419 g/mol. The van der Waals surface area contributed by atoms with Gasteiger partial charge in [-0.1, -0.05) is 59.6 Å². The SMILES string of the molecule is Oc1ccc(C2(c3ccc(O)cc3)c3cc(Cl)ccc3-c3ccc(Cl)cc32)cc1. The minimum absolute atomic E-state index is 0.199. The number of hydrogen-bond donors (Lipinski definition) is 2. The van der Waals surface area contributed by atoms with Gasteiger partial charge in [-0.25, -0.2) is 0 Å². The van der Waals surface area contributed by atoms with Crippen molar-refractivity contribution >= 4 is 23.2 Å². The summed E-state index contributed by atoms with van der Waals surface area (Å²) in [7, 11) is 0. The van der Waals surface area contributed by atoms with Crippen molar-refractivity contribution in [1.82, 2.24) is 0 Å². The first-order valence-electron chi connectivity index (χ1n) is 9.19. The third-order valence-corrected chi connectivity index (χ3v) is 6.13. The summed E-state index contributed by atoms with van der Waals surface area (Å²) in [6, 6.07) is 26.3. The zero-order valence-corrected chi connectivity index (χ0v) is 16.7. The van der Waals surface area contributed by atoms with Gasteiger partial charge in [-0.05, 0) is 81.9 Å². The summed E-state index contributed by atoms with van der Waals surface area (Å²) in [6.45, 7) is 0. The standard InChI is InChI=1S/C25H16Cl2O2/c26-17-5-11-21-22-12-6-18(27)14-24(22)25(23(21)13-17,15-1-7-19(28)8-2-15)16-3-9-20(29)10-4-16/h1-14,28-29H. The van der Waals surface area contributed by atoms with Crippen molar-refractivity contribution in [2.45, 2.75) is 5.41 Å². The lowest BCUT2D eigenvalue weighted by Crippen LogP contribution is -2.28. The second-order valence-electron chi connectivity index (χ2n) is 7.22. The van der Waals surface area contributed by atoms with Crippen LogP contribution in [0.3, 0.4) is 0 Å². The fourth-order valence-corrected chi connectivity index (χ4v) is 4.82. The Morgan fingerprint density at radius 2 is 0.897 bits per heavy atom. The van der Waals surface area contributed by atoms with Crippen molar-refractivity contribution in [3.8, 4) is 22.6 Å². The molecule has 142 valence electrons. The van der Waals surface area contributed by atoms with Gasteiger partial charge < -0.3 is 10.2 Å². The minimum atomic E-state index is -0.679. The van der Waals surface area contributed by atoms with Crippen molar-refractivity contribution in [2.75, 3.05) is 0 Å². The Morgan fingerprint density at radius 3 is 1.28 bits per heavy atom. The van der Waals surface area contributed by atoms with Gasteiger partial charge in [0.15, 0.2) is 0 Å². The van der Waals surface area contributed by atoms with Crippen LogP contribution < -0.4 is 0 Å². The number of phenolic OH excluding ortho intramolecular Hbond substituents is 2. The monoisotopic (exact) mass is 418 g/mol. The van der Waals surface area contributed by atoms with Crippen LogP contribution in [0.4, 0.5) is 0 Å². The summed E-state index contributed by atoms with van der Waals surface area (Å²) in [5, 5.41) is 21.1. The van der Waals surface area contributed by atoms with Gasteiger partial charge in [0.1, 0.15) is 11.5 Å². The molecule has 0 bridgehead atoms. The third-order valence-electron chi connectivity index (χ3n) is 5.66. The van der Waals surface area contributed by atoms with E-state index in [0.29, 0.717) is 10.0 Å². The quantitative estimate of drug-likeness (QED) is 0.332. The van der Waals surface area contributed by atoms with Crippen LogP contribution in [0.25, 0.3) is 11.1 Å². The summed E-state index contributed by atoms with van der Waals surface area (Å²) in [6.07, 6.45) is 0. The van der Waals surface area contributed by atoms with Gasteiger partial charge in [0.25, 0.3) is 0 Å². The molecule has 2 nitrogen and oxygen atoms in total. The molecule has 4 heteroatoms. The highest BCUT2D eigenvalue weighted by Crippen LogP contribution is 2.57. The Morgan fingerprint density at radius 1 is 0.517 bits per heavy atom. The van der Waals surface area contributed by atoms with Gasteiger partial charge in [-0.2, -0.15) is 0 Å². The van der Waals surface area contributed by atoms with Crippen molar-refractivity contribution in [3.05, 3.63) is 117 Å². The number of aromatic hydroxyl groups is 2. The second kappa shape index (κ2) is 6.55. The van der Waals surface area contributed by atoms with E-state index in [2.05, 4.69) is 0 Å². The van der Waals surface area contributed by atoms with Crippen LogP contribution in [0.1, 0.15) is 22.3 Å². The lowest BCUT2D eigenvalue weighted by atomic mass is 9.67. The zero-order valence-electron chi connectivity index (χ0n) is 15.2. The molecule has 0 unspecified atom stereocenters. The fraction of sp³-hybridized carbons (Fsp3) is 0.0400. The number of rotatable bonds is 2. The maximum atomic E-state index is 9.89. The van der Waals surface area contributed by atoms with E-state index in [4.69, 9.17) is 23.2 Å². The van der Waals surface area contributed by atoms with Crippen molar-refractivity contribution in [2.24, 2.45) is 0 Å². The van der Waals surface area contributed by atoms with E-state index in [1.165, 1.54) is 0 Å². The molecule has 1 aliphatic rings. The minimum Gasteiger partial charge on any atom is -0.508 e. The maximum absolute atomic E-state index is 9.89. The Labute approximate surface area is 178 Å². The summed E-state index contributed by atoms with van der Waals surface area (Å²) in [5.41, 5.74) is 5.53. The maximum Gasteiger partial charge on any atom is 0.115 e. The Balaban J connectivity index is 1.97. The van der Waals surface area contributed by atoms with E-state index in [0.717, 1.165) is 33.4 Å². The summed E-state index contributed by atoms with van der Waals surface area (Å²) in [5.74, 6) is 0.399. The highest BCUT2D eigenvalue weighted by atomic mass is 35.5. The van der Waals surface area contributed by atoms with Crippen LogP contribution in [-0.2, 0) is 5.41 Å². The normalized spacial score (nSPS) is 13.7. The van der Waals surface area contributed by atoms with E-state index in [1.54, 1.807) is 24.3 Å². The predicted octanol–water partition coefficient (Wildman–Crippen LogP) is 6.77. The van der Waals surface area contributed by atoms with Gasteiger partial charge in [-0.3, -0.25) is 0 Å². The molecule has 0 amide bonds. The van der Waals surface area contributed by atoms with E-state index in [9.17, 15) is 10.2 Å². The third kappa shape index (κ3) is 2.64. The van der Waals surface area contributed by atoms with E-state index in [1.807, 2.05) is 60.7 Å². The smallest absolute Gasteiger partial charge is 0.115 e. The molecule has 1 aliphatic carbocycles. The van der Waals surface area contributed by atoms with E-state index in [-0.39, 0.29) is 11.5 Å². The van der Waals surface area contributed by atoms with Gasteiger partial charge in [0, 0.05) is 10.0 Å². The molecule has 0 radical (unpaired) electrons. The number of fused-ring (bicyclic) bond motifs is 3. The van der Waals surface area contributed by atoms with Gasteiger partial charge in [-0.15, -0.1) is 0 Å². The van der Waals surface area contributed by atoms with Gasteiger partial charge in [0.2, 0.25) is 0 Å². The van der Waals surface area contributed by atoms with Crippen LogP contribution in [-0.4, -0.2) is 10.2 Å². The molecule has 4 aromatic rings. The van der Waals surface area contributed by atoms with Crippen molar-refractivity contribution in [3.63, 3.8) is 0 Å². The number of hydrogen-bond acceptors (Lipinski definition) is 2. The van der Waals surface area contributed by atoms with E-state index < -0.39 is 5.41 Å². The van der Waals surface area contributed by atoms with Gasteiger partial charge in [0.05, 0.1) is 5.41 Å². The molecule has 0 atom stereocenters. The predicted molar refractivity (Wildman–Crippen MR) is 117 cm³/mol. The van der Waals surface area contributed by atoms with Crippen LogP contribution in [0.5, 0.6) is 11.5 Å². The Bertz CT molecular complexity index is 1130. The first kappa shape index (κ1) is 18.1. The second-order valence-corrected chi connectivity index (χ2v) is 8.10. The fourth-order valence-electron chi connectivity index (χ4n) is 4.48. The highest BCUT2D eigenvalue weighted by molar-refractivity contribution is 6.31. The number of phenols is 2. The molecular formula is C25H16Cl2O2. The molecule has 0 saturated heterocycles. The van der Waals surface area contributed by atoms with Crippen molar-refractivity contribution in [1.29, 1.82) is 0 Å². The molecule has 0 spiro atoms. The molecule has 4 aromatic carbocycles. The Hall–Kier alpha value is -2.94. The molecule has 0 aromatic heterocycles. The topological polar surface area (TPSA) is 40.5 Å². The van der Waals surface area contributed by atoms with Crippen molar-refractivity contribution < 1.29 is 10.2 Å². The van der Waals surface area contributed by atoms with Crippen LogP contribution >= 0.6 is 23.2 Å². The number of halogens is 2. The first-order valence-corrected chi connectivity index (χ1v) is 9.95.